The normalized spacial score (nSPS) is 14.4. The predicted octanol–water partition coefficient (Wildman–Crippen LogP) is 5.00. The number of aromatic nitrogens is 5. The Hall–Kier alpha value is -3.63. The number of carbonyl (C=O) groups is 1. The van der Waals surface area contributed by atoms with Gasteiger partial charge >= 0.3 is 0 Å². The Kier molecular flexibility index (Phi) is 7.53. The van der Waals surface area contributed by atoms with Crippen LogP contribution in [0.4, 0.5) is 11.6 Å². The van der Waals surface area contributed by atoms with Crippen LogP contribution in [0.5, 0.6) is 0 Å². The van der Waals surface area contributed by atoms with Crippen molar-refractivity contribution in [2.24, 2.45) is 0 Å². The third-order valence-electron chi connectivity index (χ3n) is 6.64. The molecule has 4 aromatic rings. The molecule has 38 heavy (non-hydrogen) atoms. The average Bonchev–Trinajstić information content (AvgIpc) is 3.59. The van der Waals surface area contributed by atoms with E-state index in [2.05, 4.69) is 57.9 Å². The number of carbonyl (C=O) groups excluding carboxylic acids is 1. The summed E-state index contributed by atoms with van der Waals surface area (Å²) in [6.45, 7) is 10.8. The van der Waals surface area contributed by atoms with Crippen molar-refractivity contribution in [3.63, 3.8) is 0 Å². The van der Waals surface area contributed by atoms with E-state index in [1.807, 2.05) is 42.2 Å². The van der Waals surface area contributed by atoms with Gasteiger partial charge in [-0.25, -0.2) is 15.0 Å². The van der Waals surface area contributed by atoms with Gasteiger partial charge in [0.1, 0.15) is 4.88 Å². The van der Waals surface area contributed by atoms with Gasteiger partial charge in [-0.2, -0.15) is 5.10 Å². The van der Waals surface area contributed by atoms with Gasteiger partial charge in [0.15, 0.2) is 0 Å². The molecule has 0 radical (unpaired) electrons. The van der Waals surface area contributed by atoms with Gasteiger partial charge in [-0.05, 0) is 56.1 Å². The van der Waals surface area contributed by atoms with Crippen LogP contribution in [0.2, 0.25) is 0 Å². The van der Waals surface area contributed by atoms with E-state index in [9.17, 15) is 4.79 Å². The van der Waals surface area contributed by atoms with E-state index in [1.54, 1.807) is 12.4 Å². The minimum absolute atomic E-state index is 0.0686. The predicted molar refractivity (Wildman–Crippen MR) is 151 cm³/mol. The first-order chi connectivity index (χ1) is 18.3. The molecule has 0 aliphatic carbocycles. The van der Waals surface area contributed by atoms with Gasteiger partial charge < -0.3 is 16.0 Å². The summed E-state index contributed by atoms with van der Waals surface area (Å²) < 4.78 is 2.03. The molecule has 4 heterocycles. The van der Waals surface area contributed by atoms with Gasteiger partial charge in [-0.1, -0.05) is 32.9 Å². The molecule has 1 aliphatic heterocycles. The summed E-state index contributed by atoms with van der Waals surface area (Å²) in [7, 11) is 0. The van der Waals surface area contributed by atoms with Crippen LogP contribution in [-0.4, -0.2) is 43.7 Å². The molecule has 0 atom stereocenters. The van der Waals surface area contributed by atoms with Crippen LogP contribution in [-0.2, 0) is 12.0 Å². The van der Waals surface area contributed by atoms with Crippen LogP contribution in [0.25, 0.3) is 11.3 Å². The molecule has 1 saturated heterocycles. The van der Waals surface area contributed by atoms with E-state index < -0.39 is 0 Å². The molecule has 0 unspecified atom stereocenters. The molecule has 1 aliphatic rings. The third kappa shape index (κ3) is 6.08. The monoisotopic (exact) mass is 530 g/mol. The first-order valence-corrected chi connectivity index (χ1v) is 13.8. The fraction of sp³-hybridized carbons (Fsp3) is 0.393. The first kappa shape index (κ1) is 26.0. The van der Waals surface area contributed by atoms with Gasteiger partial charge in [-0.3, -0.25) is 9.48 Å². The molecule has 1 aromatic carbocycles. The molecule has 5 rings (SSSR count). The fourth-order valence-corrected chi connectivity index (χ4v) is 5.31. The molecule has 3 N–H and O–H groups in total. The standard InChI is InChI=1S/C28H34N8OS/c1-18-13-19(5-6-20(18)14-31-25(37)24-16-32-26(38-24)28(2,3)4)23-9-12-30-27(35-23)34-21-15-33-36(17-21)22-7-10-29-11-8-22/h5-6,9,12-13,15-17,22,29H,7-8,10-11,14H2,1-4H3,(H,31,37)(H,30,34,35). The summed E-state index contributed by atoms with van der Waals surface area (Å²) in [5.41, 5.74) is 4.76. The highest BCUT2D eigenvalue weighted by Gasteiger charge is 2.20. The lowest BCUT2D eigenvalue weighted by atomic mass is 9.98. The maximum absolute atomic E-state index is 12.7. The largest absolute Gasteiger partial charge is 0.347 e. The Balaban J connectivity index is 1.22. The van der Waals surface area contributed by atoms with Crippen molar-refractivity contribution in [2.75, 3.05) is 18.4 Å². The van der Waals surface area contributed by atoms with E-state index in [4.69, 9.17) is 4.98 Å². The van der Waals surface area contributed by atoms with Gasteiger partial charge in [0.05, 0.1) is 34.8 Å². The van der Waals surface area contributed by atoms with Crippen LogP contribution >= 0.6 is 11.3 Å². The Bertz CT molecular complexity index is 1410. The molecule has 10 heteroatoms. The molecular weight excluding hydrogens is 496 g/mol. The lowest BCUT2D eigenvalue weighted by Crippen LogP contribution is -2.29. The zero-order valence-electron chi connectivity index (χ0n) is 22.3. The second-order valence-corrected chi connectivity index (χ2v) is 11.7. The maximum atomic E-state index is 12.7. The van der Waals surface area contributed by atoms with E-state index in [1.165, 1.54) is 11.3 Å². The van der Waals surface area contributed by atoms with Crippen molar-refractivity contribution >= 4 is 28.9 Å². The van der Waals surface area contributed by atoms with Gasteiger partial charge in [-0.15, -0.1) is 11.3 Å². The average molecular weight is 531 g/mol. The minimum atomic E-state index is -0.100. The molecule has 9 nitrogen and oxygen atoms in total. The maximum Gasteiger partial charge on any atom is 0.263 e. The number of hydrogen-bond donors (Lipinski definition) is 3. The molecule has 1 fully saturated rings. The van der Waals surface area contributed by atoms with Crippen molar-refractivity contribution in [1.82, 2.24) is 35.4 Å². The van der Waals surface area contributed by atoms with Crippen LogP contribution in [0.3, 0.4) is 0 Å². The Morgan fingerprint density at radius 1 is 1.16 bits per heavy atom. The van der Waals surface area contributed by atoms with Crippen LogP contribution in [0.15, 0.2) is 49.1 Å². The molecule has 0 bridgehead atoms. The van der Waals surface area contributed by atoms with E-state index in [-0.39, 0.29) is 11.3 Å². The lowest BCUT2D eigenvalue weighted by Gasteiger charge is -2.22. The van der Waals surface area contributed by atoms with Crippen LogP contribution in [0.1, 0.15) is 65.5 Å². The van der Waals surface area contributed by atoms with Gasteiger partial charge in [0.2, 0.25) is 5.95 Å². The first-order valence-electron chi connectivity index (χ1n) is 13.0. The second kappa shape index (κ2) is 11.0. The van der Waals surface area contributed by atoms with E-state index in [0.717, 1.165) is 59.0 Å². The highest BCUT2D eigenvalue weighted by molar-refractivity contribution is 7.13. The molecule has 198 valence electrons. The molecule has 3 aromatic heterocycles. The molecule has 0 saturated carbocycles. The van der Waals surface area contributed by atoms with Crippen molar-refractivity contribution in [3.05, 3.63) is 70.1 Å². The second-order valence-electron chi connectivity index (χ2n) is 10.7. The zero-order chi connectivity index (χ0) is 26.7. The van der Waals surface area contributed by atoms with Crippen LogP contribution < -0.4 is 16.0 Å². The number of nitrogens with zero attached hydrogens (tertiary/aromatic N) is 5. The molecule has 1 amide bonds. The number of anilines is 2. The summed E-state index contributed by atoms with van der Waals surface area (Å²) >= 11 is 1.45. The lowest BCUT2D eigenvalue weighted by molar-refractivity contribution is 0.0954. The van der Waals surface area contributed by atoms with Gasteiger partial charge in [0.25, 0.3) is 5.91 Å². The number of benzene rings is 1. The highest BCUT2D eigenvalue weighted by atomic mass is 32.1. The molecular formula is C28H34N8OS. The number of hydrogen-bond acceptors (Lipinski definition) is 8. The summed E-state index contributed by atoms with van der Waals surface area (Å²) in [5.74, 6) is 0.428. The fourth-order valence-electron chi connectivity index (χ4n) is 4.42. The summed E-state index contributed by atoms with van der Waals surface area (Å²) in [4.78, 5) is 26.8. The number of thiazole rings is 1. The minimum Gasteiger partial charge on any atom is -0.347 e. The Labute approximate surface area is 227 Å². The summed E-state index contributed by atoms with van der Waals surface area (Å²) in [6, 6.07) is 8.48. The van der Waals surface area contributed by atoms with Crippen molar-refractivity contribution in [3.8, 4) is 11.3 Å². The zero-order valence-corrected chi connectivity index (χ0v) is 23.1. The number of piperidine rings is 1. The van der Waals surface area contributed by atoms with Crippen molar-refractivity contribution in [2.45, 2.75) is 58.5 Å². The Morgan fingerprint density at radius 2 is 1.97 bits per heavy atom. The number of aryl methyl sites for hydroxylation is 1. The topological polar surface area (TPSA) is 110 Å². The van der Waals surface area contributed by atoms with Crippen molar-refractivity contribution < 1.29 is 4.79 Å². The smallest absolute Gasteiger partial charge is 0.263 e. The van der Waals surface area contributed by atoms with E-state index in [0.29, 0.717) is 23.4 Å². The van der Waals surface area contributed by atoms with Crippen molar-refractivity contribution in [1.29, 1.82) is 0 Å². The van der Waals surface area contributed by atoms with Crippen LogP contribution in [0, 0.1) is 6.92 Å². The third-order valence-corrected chi connectivity index (χ3v) is 8.07. The quantitative estimate of drug-likeness (QED) is 0.308. The summed E-state index contributed by atoms with van der Waals surface area (Å²) in [6.07, 6.45) is 9.42. The Morgan fingerprint density at radius 3 is 2.71 bits per heavy atom. The SMILES string of the molecule is Cc1cc(-c2ccnc(Nc3cnn(C4CCNCC4)c3)n2)ccc1CNC(=O)c1cnc(C(C)(C)C)s1. The van der Waals surface area contributed by atoms with Gasteiger partial charge in [0, 0.05) is 29.9 Å². The summed E-state index contributed by atoms with van der Waals surface area (Å²) in [5, 5.41) is 15.2. The number of amides is 1. The number of rotatable bonds is 7. The van der Waals surface area contributed by atoms with E-state index >= 15 is 0 Å². The highest BCUT2D eigenvalue weighted by Crippen LogP contribution is 2.27. The number of nitrogens with one attached hydrogen (secondary N) is 3. The molecule has 0 spiro atoms.